The Labute approximate surface area is 168 Å². The van der Waals surface area contributed by atoms with Gasteiger partial charge in [-0.25, -0.2) is 0 Å². The minimum atomic E-state index is -0.175. The number of hydrogen-bond acceptors (Lipinski definition) is 7. The number of anilines is 1. The van der Waals surface area contributed by atoms with Gasteiger partial charge < -0.3 is 23.8 Å². The summed E-state index contributed by atoms with van der Waals surface area (Å²) >= 11 is 0. The van der Waals surface area contributed by atoms with Crippen LogP contribution in [0.1, 0.15) is 15.9 Å². The average Bonchev–Trinajstić information content (AvgIpc) is 2.77. The van der Waals surface area contributed by atoms with Crippen LogP contribution in [0.4, 0.5) is 5.69 Å². The highest BCUT2D eigenvalue weighted by molar-refractivity contribution is 6.13. The van der Waals surface area contributed by atoms with E-state index in [4.69, 9.17) is 18.9 Å². The number of amides is 1. The second-order valence-electron chi connectivity index (χ2n) is 6.50. The van der Waals surface area contributed by atoms with Crippen molar-refractivity contribution in [3.8, 4) is 23.0 Å². The molecule has 1 aliphatic heterocycles. The molecule has 0 fully saturated rings. The van der Waals surface area contributed by atoms with Crippen molar-refractivity contribution in [2.45, 2.75) is 6.42 Å². The summed E-state index contributed by atoms with van der Waals surface area (Å²) in [6.07, 6.45) is 2.27. The molecule has 8 nitrogen and oxygen atoms in total. The van der Waals surface area contributed by atoms with Crippen LogP contribution in [0.3, 0.4) is 0 Å². The normalized spacial score (nSPS) is 13.2. The van der Waals surface area contributed by atoms with Crippen molar-refractivity contribution < 1.29 is 23.7 Å². The summed E-state index contributed by atoms with van der Waals surface area (Å²) < 4.78 is 21.6. The number of methoxy groups -OCH3 is 4. The van der Waals surface area contributed by atoms with Crippen LogP contribution in [0, 0.1) is 0 Å². The molecule has 0 bridgehead atoms. The molecule has 2 aromatic carbocycles. The third-order valence-electron chi connectivity index (χ3n) is 5.11. The van der Waals surface area contributed by atoms with Crippen LogP contribution in [0.25, 0.3) is 10.9 Å². The quantitative estimate of drug-likeness (QED) is 0.657. The fourth-order valence-electron chi connectivity index (χ4n) is 3.70. The molecule has 1 aromatic heterocycles. The molecule has 1 amide bonds. The topological polar surface area (TPSA) is 83.0 Å². The van der Waals surface area contributed by atoms with Crippen molar-refractivity contribution in [1.29, 1.82) is 0 Å². The van der Waals surface area contributed by atoms with Crippen LogP contribution < -0.4 is 23.8 Å². The second kappa shape index (κ2) is 7.46. The molecule has 0 aliphatic carbocycles. The molecule has 0 N–H and O–H groups in total. The Hall–Kier alpha value is -3.55. The minimum absolute atomic E-state index is 0.175. The Bertz CT molecular complexity index is 1100. The summed E-state index contributed by atoms with van der Waals surface area (Å²) in [5.41, 5.74) is 2.69. The number of benzene rings is 2. The van der Waals surface area contributed by atoms with E-state index in [9.17, 15) is 4.79 Å². The number of hydrogen-bond donors (Lipinski definition) is 0. The van der Waals surface area contributed by atoms with E-state index in [1.54, 1.807) is 38.5 Å². The molecular weight excluding hydrogens is 374 g/mol. The summed E-state index contributed by atoms with van der Waals surface area (Å²) in [6.45, 7) is 0.510. The second-order valence-corrected chi connectivity index (χ2v) is 6.50. The predicted molar refractivity (Wildman–Crippen MR) is 108 cm³/mol. The molecule has 0 radical (unpaired) electrons. The van der Waals surface area contributed by atoms with Gasteiger partial charge in [-0.1, -0.05) is 6.07 Å². The van der Waals surface area contributed by atoms with Gasteiger partial charge in [0.15, 0.2) is 23.0 Å². The fourth-order valence-corrected chi connectivity index (χ4v) is 3.70. The summed E-state index contributed by atoms with van der Waals surface area (Å²) in [5.74, 6) is 1.88. The Morgan fingerprint density at radius 2 is 1.66 bits per heavy atom. The van der Waals surface area contributed by atoms with Crippen LogP contribution in [-0.4, -0.2) is 51.1 Å². The van der Waals surface area contributed by atoms with Crippen molar-refractivity contribution in [1.82, 2.24) is 10.2 Å². The van der Waals surface area contributed by atoms with Crippen molar-refractivity contribution in [3.63, 3.8) is 0 Å². The van der Waals surface area contributed by atoms with E-state index in [1.807, 2.05) is 18.2 Å². The zero-order valence-corrected chi connectivity index (χ0v) is 16.7. The minimum Gasteiger partial charge on any atom is -0.493 e. The van der Waals surface area contributed by atoms with Gasteiger partial charge in [0.2, 0.25) is 0 Å². The van der Waals surface area contributed by atoms with Crippen molar-refractivity contribution >= 4 is 22.5 Å². The zero-order valence-electron chi connectivity index (χ0n) is 16.7. The maximum Gasteiger partial charge on any atom is 0.262 e. The van der Waals surface area contributed by atoms with E-state index >= 15 is 0 Å². The highest BCUT2D eigenvalue weighted by atomic mass is 16.5. The van der Waals surface area contributed by atoms with E-state index in [0.717, 1.165) is 10.9 Å². The Morgan fingerprint density at radius 3 is 2.34 bits per heavy atom. The first-order valence-corrected chi connectivity index (χ1v) is 9.06. The maximum atomic E-state index is 13.5. The van der Waals surface area contributed by atoms with Gasteiger partial charge in [0.1, 0.15) is 0 Å². The predicted octanol–water partition coefficient (Wildman–Crippen LogP) is 2.87. The molecule has 0 unspecified atom stereocenters. The molecule has 0 saturated carbocycles. The summed E-state index contributed by atoms with van der Waals surface area (Å²) in [5, 5.41) is 9.02. The third-order valence-corrected chi connectivity index (χ3v) is 5.11. The van der Waals surface area contributed by atoms with E-state index in [-0.39, 0.29) is 5.91 Å². The monoisotopic (exact) mass is 395 g/mol. The highest BCUT2D eigenvalue weighted by Crippen LogP contribution is 2.40. The molecule has 0 saturated heterocycles. The molecule has 150 valence electrons. The first-order valence-electron chi connectivity index (χ1n) is 9.06. The first kappa shape index (κ1) is 18.8. The van der Waals surface area contributed by atoms with Crippen LogP contribution in [0.2, 0.25) is 0 Å². The van der Waals surface area contributed by atoms with E-state index in [0.29, 0.717) is 52.7 Å². The number of nitrogens with zero attached hydrogens (tertiary/aromatic N) is 3. The average molecular weight is 395 g/mol. The number of fused-ring (bicyclic) bond motifs is 2. The lowest BCUT2D eigenvalue weighted by atomic mass is 9.96. The van der Waals surface area contributed by atoms with Gasteiger partial charge in [0.25, 0.3) is 5.91 Å². The van der Waals surface area contributed by atoms with Gasteiger partial charge in [0.05, 0.1) is 51.4 Å². The maximum absolute atomic E-state index is 13.5. The number of rotatable bonds is 5. The summed E-state index contributed by atoms with van der Waals surface area (Å²) in [4.78, 5) is 15.2. The molecule has 4 rings (SSSR count). The largest absolute Gasteiger partial charge is 0.493 e. The Balaban J connectivity index is 1.87. The van der Waals surface area contributed by atoms with Crippen LogP contribution in [-0.2, 0) is 6.42 Å². The Kier molecular flexibility index (Phi) is 4.84. The van der Waals surface area contributed by atoms with E-state index < -0.39 is 0 Å². The lowest BCUT2D eigenvalue weighted by molar-refractivity contribution is 0.0977. The van der Waals surface area contributed by atoms with Gasteiger partial charge in [-0.2, -0.15) is 10.2 Å². The number of ether oxygens (including phenoxy) is 4. The van der Waals surface area contributed by atoms with Crippen LogP contribution in [0.15, 0.2) is 30.5 Å². The highest BCUT2D eigenvalue weighted by Gasteiger charge is 2.32. The molecule has 2 heterocycles. The van der Waals surface area contributed by atoms with Gasteiger partial charge in [0, 0.05) is 18.0 Å². The molecule has 1 aliphatic rings. The van der Waals surface area contributed by atoms with E-state index in [1.165, 1.54) is 7.11 Å². The molecule has 0 spiro atoms. The molecule has 29 heavy (non-hydrogen) atoms. The summed E-state index contributed by atoms with van der Waals surface area (Å²) in [6, 6.07) is 7.28. The van der Waals surface area contributed by atoms with Crippen molar-refractivity contribution in [2.24, 2.45) is 0 Å². The van der Waals surface area contributed by atoms with Crippen molar-refractivity contribution in [2.75, 3.05) is 39.9 Å². The fraction of sp³-hybridized carbons (Fsp3) is 0.286. The van der Waals surface area contributed by atoms with Gasteiger partial charge in [-0.3, -0.25) is 4.79 Å². The molecular formula is C21H21N3O5. The smallest absolute Gasteiger partial charge is 0.262 e. The standard InChI is InChI=1S/C21H21N3O5/c1-26-16-6-5-12-7-8-24(21(25)19(12)20(16)29-4)15-11-22-23-14-10-18(28-3)17(27-2)9-13(14)15/h5-6,9-11H,7-8H2,1-4H3. The van der Waals surface area contributed by atoms with Crippen LogP contribution in [0.5, 0.6) is 23.0 Å². The lowest BCUT2D eigenvalue weighted by Crippen LogP contribution is -2.38. The van der Waals surface area contributed by atoms with E-state index in [2.05, 4.69) is 10.2 Å². The van der Waals surface area contributed by atoms with Gasteiger partial charge in [-0.15, -0.1) is 0 Å². The zero-order chi connectivity index (χ0) is 20.5. The number of carbonyl (C=O) groups excluding carboxylic acids is 1. The molecule has 8 heteroatoms. The summed E-state index contributed by atoms with van der Waals surface area (Å²) in [7, 11) is 6.21. The lowest BCUT2D eigenvalue weighted by Gasteiger charge is -2.30. The van der Waals surface area contributed by atoms with Crippen LogP contribution >= 0.6 is 0 Å². The van der Waals surface area contributed by atoms with Gasteiger partial charge in [-0.05, 0) is 24.1 Å². The number of aromatic nitrogens is 2. The number of carbonyl (C=O) groups is 1. The Morgan fingerprint density at radius 1 is 0.931 bits per heavy atom. The first-order chi connectivity index (χ1) is 14.1. The van der Waals surface area contributed by atoms with Gasteiger partial charge >= 0.3 is 0 Å². The SMILES string of the molecule is COc1cc2nncc(N3CCc4ccc(OC)c(OC)c4C3=O)c2cc1OC. The molecule has 0 atom stereocenters. The molecule has 3 aromatic rings. The third kappa shape index (κ3) is 2.97. The van der Waals surface area contributed by atoms with Crippen molar-refractivity contribution in [3.05, 3.63) is 41.6 Å².